The van der Waals surface area contributed by atoms with E-state index in [-0.39, 0.29) is 17.9 Å². The molecule has 0 spiro atoms. The maximum Gasteiger partial charge on any atom is 0.259 e. The lowest BCUT2D eigenvalue weighted by Gasteiger charge is -2.11. The fraction of sp³-hybridized carbons (Fsp3) is 0.0476. The molecule has 0 radical (unpaired) electrons. The SMILES string of the molecule is O=c1[nH]c(-c2ccccc2COc2cc(F)cc(F)c2)nc2ccccc12. The summed E-state index contributed by atoms with van der Waals surface area (Å²) < 4.78 is 32.2. The van der Waals surface area contributed by atoms with Gasteiger partial charge in [0.05, 0.1) is 10.9 Å². The van der Waals surface area contributed by atoms with Crippen LogP contribution in [0.5, 0.6) is 5.75 Å². The van der Waals surface area contributed by atoms with Crippen molar-refractivity contribution >= 4 is 10.9 Å². The quantitative estimate of drug-likeness (QED) is 0.582. The molecule has 1 N–H and O–H groups in total. The standard InChI is InChI=1S/C21H14F2N2O2/c22-14-9-15(23)11-16(10-14)27-12-13-5-1-2-6-17(13)20-24-19-8-4-3-7-18(19)21(26)25-20/h1-11H,12H2,(H,24,25,26). The number of nitrogens with one attached hydrogen (secondary N) is 1. The van der Waals surface area contributed by atoms with Crippen molar-refractivity contribution in [3.63, 3.8) is 0 Å². The number of aromatic nitrogens is 2. The Bertz CT molecular complexity index is 1170. The molecule has 27 heavy (non-hydrogen) atoms. The average Bonchev–Trinajstić information content (AvgIpc) is 2.66. The number of hydrogen-bond donors (Lipinski definition) is 1. The molecule has 3 aromatic carbocycles. The van der Waals surface area contributed by atoms with Gasteiger partial charge in [-0.3, -0.25) is 4.79 Å². The van der Waals surface area contributed by atoms with Crippen molar-refractivity contribution in [1.29, 1.82) is 0 Å². The predicted octanol–water partition coefficient (Wildman–Crippen LogP) is 4.45. The summed E-state index contributed by atoms with van der Waals surface area (Å²) in [6.45, 7) is 0.0651. The van der Waals surface area contributed by atoms with Crippen LogP contribution >= 0.6 is 0 Å². The molecule has 4 rings (SSSR count). The van der Waals surface area contributed by atoms with Crippen molar-refractivity contribution in [3.8, 4) is 17.1 Å². The van der Waals surface area contributed by atoms with Crippen LogP contribution in [0.25, 0.3) is 22.3 Å². The highest BCUT2D eigenvalue weighted by Crippen LogP contribution is 2.23. The third kappa shape index (κ3) is 3.55. The molecule has 0 aliphatic heterocycles. The van der Waals surface area contributed by atoms with Gasteiger partial charge in [-0.15, -0.1) is 0 Å². The molecule has 0 fully saturated rings. The first-order valence-electron chi connectivity index (χ1n) is 8.26. The Morgan fingerprint density at radius 2 is 1.63 bits per heavy atom. The largest absolute Gasteiger partial charge is 0.489 e. The molecule has 6 heteroatoms. The minimum Gasteiger partial charge on any atom is -0.489 e. The van der Waals surface area contributed by atoms with Crippen LogP contribution in [0.3, 0.4) is 0 Å². The minimum absolute atomic E-state index is 0.0651. The zero-order valence-corrected chi connectivity index (χ0v) is 14.1. The fourth-order valence-electron chi connectivity index (χ4n) is 2.86. The summed E-state index contributed by atoms with van der Waals surface area (Å²) in [7, 11) is 0. The van der Waals surface area contributed by atoms with E-state index in [0.29, 0.717) is 22.3 Å². The number of rotatable bonds is 4. The lowest BCUT2D eigenvalue weighted by Crippen LogP contribution is -2.10. The van der Waals surface area contributed by atoms with E-state index < -0.39 is 11.6 Å². The van der Waals surface area contributed by atoms with Crippen LogP contribution in [-0.2, 0) is 6.61 Å². The molecule has 1 aromatic heterocycles. The Morgan fingerprint density at radius 1 is 0.926 bits per heavy atom. The molecule has 4 nitrogen and oxygen atoms in total. The molecule has 0 amide bonds. The number of nitrogens with zero attached hydrogens (tertiary/aromatic N) is 1. The van der Waals surface area contributed by atoms with Gasteiger partial charge in [0.15, 0.2) is 0 Å². The molecule has 0 saturated carbocycles. The molecule has 0 atom stereocenters. The van der Waals surface area contributed by atoms with Crippen molar-refractivity contribution in [1.82, 2.24) is 9.97 Å². The molecule has 0 aliphatic carbocycles. The van der Waals surface area contributed by atoms with Crippen molar-refractivity contribution in [2.75, 3.05) is 0 Å². The van der Waals surface area contributed by atoms with Crippen LogP contribution in [-0.4, -0.2) is 9.97 Å². The van der Waals surface area contributed by atoms with Gasteiger partial charge in [0.2, 0.25) is 0 Å². The second-order valence-corrected chi connectivity index (χ2v) is 5.98. The lowest BCUT2D eigenvalue weighted by atomic mass is 10.1. The van der Waals surface area contributed by atoms with Gasteiger partial charge >= 0.3 is 0 Å². The zero-order valence-electron chi connectivity index (χ0n) is 14.1. The van der Waals surface area contributed by atoms with Crippen LogP contribution in [0.15, 0.2) is 71.5 Å². The summed E-state index contributed by atoms with van der Waals surface area (Å²) in [5.74, 6) is -0.928. The van der Waals surface area contributed by atoms with E-state index in [0.717, 1.165) is 23.8 Å². The first-order valence-corrected chi connectivity index (χ1v) is 8.26. The van der Waals surface area contributed by atoms with Crippen molar-refractivity contribution < 1.29 is 13.5 Å². The Labute approximate surface area is 153 Å². The molecule has 134 valence electrons. The first kappa shape index (κ1) is 16.9. The summed E-state index contributed by atoms with van der Waals surface area (Å²) in [6, 6.07) is 17.3. The highest BCUT2D eigenvalue weighted by atomic mass is 19.1. The zero-order chi connectivity index (χ0) is 18.8. The Kier molecular flexibility index (Phi) is 4.38. The smallest absolute Gasteiger partial charge is 0.259 e. The highest BCUT2D eigenvalue weighted by Gasteiger charge is 2.11. The minimum atomic E-state index is -0.709. The summed E-state index contributed by atoms with van der Waals surface area (Å²) in [5.41, 5.74) is 1.75. The van der Waals surface area contributed by atoms with Crippen LogP contribution in [0, 0.1) is 11.6 Å². The van der Waals surface area contributed by atoms with Gasteiger partial charge in [-0.05, 0) is 12.1 Å². The molecule has 1 heterocycles. The molecule has 0 unspecified atom stereocenters. The second kappa shape index (κ2) is 6.99. The fourth-order valence-corrected chi connectivity index (χ4v) is 2.86. The summed E-state index contributed by atoms with van der Waals surface area (Å²) in [4.78, 5) is 19.6. The monoisotopic (exact) mass is 364 g/mol. The topological polar surface area (TPSA) is 55.0 Å². The number of fused-ring (bicyclic) bond motifs is 1. The van der Waals surface area contributed by atoms with Gasteiger partial charge in [0.25, 0.3) is 5.56 Å². The van der Waals surface area contributed by atoms with E-state index in [4.69, 9.17) is 4.74 Å². The van der Waals surface area contributed by atoms with Gasteiger partial charge in [-0.25, -0.2) is 13.8 Å². The number of benzene rings is 3. The van der Waals surface area contributed by atoms with Crippen LogP contribution in [0.2, 0.25) is 0 Å². The normalized spacial score (nSPS) is 10.9. The maximum atomic E-state index is 13.3. The van der Waals surface area contributed by atoms with Crippen molar-refractivity contribution in [2.45, 2.75) is 6.61 Å². The molecular weight excluding hydrogens is 350 g/mol. The van der Waals surface area contributed by atoms with Crippen molar-refractivity contribution in [3.05, 3.63) is 94.3 Å². The van der Waals surface area contributed by atoms with Gasteiger partial charge in [-0.2, -0.15) is 0 Å². The van der Waals surface area contributed by atoms with E-state index in [1.165, 1.54) is 0 Å². The number of hydrogen-bond acceptors (Lipinski definition) is 3. The number of H-pyrrole nitrogens is 1. The lowest BCUT2D eigenvalue weighted by molar-refractivity contribution is 0.303. The van der Waals surface area contributed by atoms with Crippen molar-refractivity contribution in [2.24, 2.45) is 0 Å². The Balaban J connectivity index is 1.70. The van der Waals surface area contributed by atoms with E-state index >= 15 is 0 Å². The van der Waals surface area contributed by atoms with Gasteiger partial charge in [0, 0.05) is 29.3 Å². The Hall–Kier alpha value is -3.54. The number of para-hydroxylation sites is 1. The van der Waals surface area contributed by atoms with E-state index in [1.807, 2.05) is 18.2 Å². The molecule has 0 aliphatic rings. The molecule has 0 bridgehead atoms. The third-order valence-corrected chi connectivity index (χ3v) is 4.12. The number of aromatic amines is 1. The Morgan fingerprint density at radius 3 is 2.44 bits per heavy atom. The highest BCUT2D eigenvalue weighted by molar-refractivity contribution is 5.79. The van der Waals surface area contributed by atoms with Gasteiger partial charge in [0.1, 0.15) is 29.8 Å². The van der Waals surface area contributed by atoms with E-state index in [2.05, 4.69) is 9.97 Å². The average molecular weight is 364 g/mol. The number of ether oxygens (including phenoxy) is 1. The van der Waals surface area contributed by atoms with E-state index in [1.54, 1.807) is 30.3 Å². The van der Waals surface area contributed by atoms with Crippen LogP contribution in [0.1, 0.15) is 5.56 Å². The molecule has 4 aromatic rings. The molecule has 0 saturated heterocycles. The predicted molar refractivity (Wildman–Crippen MR) is 98.5 cm³/mol. The maximum absolute atomic E-state index is 13.3. The number of halogens is 2. The summed E-state index contributed by atoms with van der Waals surface area (Å²) in [6.07, 6.45) is 0. The van der Waals surface area contributed by atoms with E-state index in [9.17, 15) is 13.6 Å². The van der Waals surface area contributed by atoms with Gasteiger partial charge < -0.3 is 9.72 Å². The second-order valence-electron chi connectivity index (χ2n) is 5.98. The van der Waals surface area contributed by atoms with Crippen LogP contribution < -0.4 is 10.3 Å². The van der Waals surface area contributed by atoms with Gasteiger partial charge in [-0.1, -0.05) is 36.4 Å². The summed E-state index contributed by atoms with van der Waals surface area (Å²) >= 11 is 0. The van der Waals surface area contributed by atoms with Crippen LogP contribution in [0.4, 0.5) is 8.78 Å². The first-order chi connectivity index (χ1) is 13.1. The summed E-state index contributed by atoms with van der Waals surface area (Å²) in [5, 5.41) is 0.505. The molecular formula is C21H14F2N2O2. The third-order valence-electron chi connectivity index (χ3n) is 4.12.